The molecule has 1 N–H and O–H groups in total. The van der Waals surface area contributed by atoms with Gasteiger partial charge in [-0.3, -0.25) is 0 Å². The summed E-state index contributed by atoms with van der Waals surface area (Å²) in [5.41, 5.74) is 9.10. The highest BCUT2D eigenvalue weighted by atomic mass is 19.1. The molecule has 0 amide bonds. The minimum absolute atomic E-state index is 0.0354. The van der Waals surface area contributed by atoms with E-state index in [1.165, 1.54) is 34.2 Å². The van der Waals surface area contributed by atoms with Gasteiger partial charge in [0.05, 0.1) is 26.4 Å². The van der Waals surface area contributed by atoms with E-state index >= 15 is 0 Å². The van der Waals surface area contributed by atoms with Crippen molar-refractivity contribution >= 4 is 0 Å². The molecule has 0 spiro atoms. The number of benzene rings is 4. The van der Waals surface area contributed by atoms with Crippen molar-refractivity contribution in [3.63, 3.8) is 0 Å². The van der Waals surface area contributed by atoms with Crippen LogP contribution in [0.2, 0.25) is 0 Å². The van der Waals surface area contributed by atoms with Crippen LogP contribution in [-0.2, 0) is 12.0 Å². The van der Waals surface area contributed by atoms with Crippen molar-refractivity contribution in [1.82, 2.24) is 0 Å². The number of unbranched alkanes of at least 4 members (excludes halogenated alkanes) is 1. The molecule has 0 fully saturated rings. The van der Waals surface area contributed by atoms with Crippen LogP contribution in [0.1, 0.15) is 184 Å². The topological polar surface area (TPSA) is 47.9 Å². The molecule has 0 aromatic heterocycles. The van der Waals surface area contributed by atoms with Crippen molar-refractivity contribution in [2.75, 3.05) is 19.8 Å². The molecule has 0 radical (unpaired) electrons. The number of hydrogen-bond donors (Lipinski definition) is 1. The third-order valence-electron chi connectivity index (χ3n) is 9.64. The molecule has 0 aliphatic rings. The van der Waals surface area contributed by atoms with E-state index in [-0.39, 0.29) is 17.8 Å². The summed E-state index contributed by atoms with van der Waals surface area (Å²) in [5, 5.41) is 9.09. The van der Waals surface area contributed by atoms with Crippen molar-refractivity contribution < 1.29 is 23.7 Å². The second-order valence-electron chi connectivity index (χ2n) is 17.2. The maximum atomic E-state index is 13.7. The highest BCUT2D eigenvalue weighted by molar-refractivity contribution is 5.39. The average Bonchev–Trinajstić information content (AvgIpc) is 3.15. The quantitative estimate of drug-likeness (QED) is 0.129. The molecule has 0 aliphatic heterocycles. The Morgan fingerprint density at radius 3 is 1.37 bits per heavy atom. The van der Waals surface area contributed by atoms with Gasteiger partial charge in [-0.2, -0.15) is 0 Å². The van der Waals surface area contributed by atoms with Crippen LogP contribution >= 0.6 is 0 Å². The SMILES string of the molecule is CC(C)c1ccc(C(C)(C)C)c(F)c1.CCCCOc1ccc(C(C)C)cc1C.CCCOc1ccc(C(C)C)cc1C.CCOc1cc(C(C)C)ccc1CO. The number of ether oxygens (including phenoxy) is 3. The Bertz CT molecular complexity index is 1710. The molecule has 0 saturated heterocycles. The van der Waals surface area contributed by atoms with Crippen LogP contribution in [0.5, 0.6) is 17.2 Å². The van der Waals surface area contributed by atoms with Crippen LogP contribution in [0.15, 0.2) is 72.8 Å². The molecule has 0 saturated carbocycles. The van der Waals surface area contributed by atoms with Crippen molar-refractivity contribution in [3.8, 4) is 17.2 Å². The summed E-state index contributed by atoms with van der Waals surface area (Å²) in [6.45, 7) is 36.2. The van der Waals surface area contributed by atoms with Crippen molar-refractivity contribution in [2.24, 2.45) is 0 Å². The molecular weight excluding hydrogens is 708 g/mol. The van der Waals surface area contributed by atoms with E-state index in [1.807, 2.05) is 58.0 Å². The molecule has 318 valence electrons. The van der Waals surface area contributed by atoms with Gasteiger partial charge in [0, 0.05) is 5.56 Å². The molecule has 0 unspecified atom stereocenters. The van der Waals surface area contributed by atoms with E-state index in [9.17, 15) is 4.39 Å². The predicted octanol–water partition coefficient (Wildman–Crippen LogP) is 15.2. The van der Waals surface area contributed by atoms with Crippen molar-refractivity contribution in [2.45, 2.75) is 166 Å². The molecule has 0 atom stereocenters. The van der Waals surface area contributed by atoms with Crippen molar-refractivity contribution in [3.05, 3.63) is 123 Å². The number of aliphatic hydroxyl groups is 1. The zero-order valence-corrected chi connectivity index (χ0v) is 38.7. The summed E-state index contributed by atoms with van der Waals surface area (Å²) in [6.07, 6.45) is 3.37. The smallest absolute Gasteiger partial charge is 0.127 e. The molecule has 0 heterocycles. The van der Waals surface area contributed by atoms with Gasteiger partial charge in [-0.05, 0) is 126 Å². The first-order chi connectivity index (χ1) is 26.8. The normalized spacial score (nSPS) is 11.1. The lowest BCUT2D eigenvalue weighted by atomic mass is 9.85. The van der Waals surface area contributed by atoms with E-state index in [0.717, 1.165) is 60.0 Å². The molecule has 4 nitrogen and oxygen atoms in total. The minimum atomic E-state index is -0.112. The average molecular weight is 787 g/mol. The molecule has 4 aromatic rings. The first kappa shape index (κ1) is 51.2. The lowest BCUT2D eigenvalue weighted by molar-refractivity contribution is 0.267. The highest BCUT2D eigenvalue weighted by Gasteiger charge is 2.18. The number of halogens is 1. The Morgan fingerprint density at radius 1 is 0.544 bits per heavy atom. The van der Waals surface area contributed by atoms with Crippen LogP contribution in [0, 0.1) is 19.7 Å². The third-order valence-corrected chi connectivity index (χ3v) is 9.64. The monoisotopic (exact) mass is 787 g/mol. The van der Waals surface area contributed by atoms with E-state index < -0.39 is 0 Å². The molecule has 0 aliphatic carbocycles. The first-order valence-corrected chi connectivity index (χ1v) is 21.4. The molecule has 4 aromatic carbocycles. The molecular formula is C52H79FO4. The van der Waals surface area contributed by atoms with Crippen LogP contribution in [0.4, 0.5) is 4.39 Å². The van der Waals surface area contributed by atoms with Gasteiger partial charge in [0.1, 0.15) is 23.1 Å². The van der Waals surface area contributed by atoms with Gasteiger partial charge in [0.2, 0.25) is 0 Å². The van der Waals surface area contributed by atoms with Crippen LogP contribution in [-0.4, -0.2) is 24.9 Å². The van der Waals surface area contributed by atoms with Gasteiger partial charge in [-0.25, -0.2) is 4.39 Å². The van der Waals surface area contributed by atoms with Gasteiger partial charge in [-0.15, -0.1) is 0 Å². The van der Waals surface area contributed by atoms with E-state index in [4.69, 9.17) is 19.3 Å². The maximum Gasteiger partial charge on any atom is 0.127 e. The van der Waals surface area contributed by atoms with Gasteiger partial charge in [-0.1, -0.05) is 145 Å². The third kappa shape index (κ3) is 18.5. The van der Waals surface area contributed by atoms with Gasteiger partial charge >= 0.3 is 0 Å². The van der Waals surface area contributed by atoms with Crippen LogP contribution in [0.3, 0.4) is 0 Å². The summed E-state index contributed by atoms with van der Waals surface area (Å²) in [5.74, 6) is 4.84. The summed E-state index contributed by atoms with van der Waals surface area (Å²) in [4.78, 5) is 0. The Kier molecular flexibility index (Phi) is 23.6. The van der Waals surface area contributed by atoms with Crippen LogP contribution in [0.25, 0.3) is 0 Å². The van der Waals surface area contributed by atoms with Gasteiger partial charge in [0.15, 0.2) is 0 Å². The largest absolute Gasteiger partial charge is 0.493 e. The molecule has 57 heavy (non-hydrogen) atoms. The second kappa shape index (κ2) is 26.2. The van der Waals surface area contributed by atoms with Gasteiger partial charge < -0.3 is 19.3 Å². The molecule has 4 rings (SSSR count). The molecule has 0 bridgehead atoms. The number of hydrogen-bond acceptors (Lipinski definition) is 4. The Balaban J connectivity index is 0.000000380. The number of rotatable bonds is 14. The summed E-state index contributed by atoms with van der Waals surface area (Å²) in [6, 6.07) is 24.5. The van der Waals surface area contributed by atoms with Crippen LogP contribution < -0.4 is 14.2 Å². The second-order valence-corrected chi connectivity index (χ2v) is 17.2. The number of aryl methyl sites for hydroxylation is 2. The van der Waals surface area contributed by atoms with E-state index in [1.54, 1.807) is 6.07 Å². The first-order valence-electron chi connectivity index (χ1n) is 21.4. The fourth-order valence-electron chi connectivity index (χ4n) is 5.78. The molecule has 5 heteroatoms. The predicted molar refractivity (Wildman–Crippen MR) is 244 cm³/mol. The Morgan fingerprint density at radius 2 is 0.982 bits per heavy atom. The highest BCUT2D eigenvalue weighted by Crippen LogP contribution is 2.28. The van der Waals surface area contributed by atoms with Crippen molar-refractivity contribution in [1.29, 1.82) is 0 Å². The lowest BCUT2D eigenvalue weighted by Gasteiger charge is -2.20. The summed E-state index contributed by atoms with van der Waals surface area (Å²) < 4.78 is 30.5. The lowest BCUT2D eigenvalue weighted by Crippen LogP contribution is -2.13. The minimum Gasteiger partial charge on any atom is -0.493 e. The summed E-state index contributed by atoms with van der Waals surface area (Å²) >= 11 is 0. The number of aliphatic hydroxyl groups excluding tert-OH is 1. The fourth-order valence-corrected chi connectivity index (χ4v) is 5.78. The van der Waals surface area contributed by atoms with Gasteiger partial charge in [0.25, 0.3) is 0 Å². The zero-order chi connectivity index (χ0) is 43.3. The maximum absolute atomic E-state index is 13.7. The summed E-state index contributed by atoms with van der Waals surface area (Å²) in [7, 11) is 0. The zero-order valence-electron chi connectivity index (χ0n) is 38.7. The van der Waals surface area contributed by atoms with E-state index in [2.05, 4.69) is 119 Å². The Labute approximate surface area is 348 Å². The van der Waals surface area contributed by atoms with E-state index in [0.29, 0.717) is 30.3 Å². The Hall–Kier alpha value is -3.83. The fraction of sp³-hybridized carbons (Fsp3) is 0.538. The standard InChI is InChI=1S/C14H22O.C13H19F.C13H20O.C12H18O2/c1-5-6-9-15-14-8-7-13(11(2)3)10-12(14)4;1-9(2)10-6-7-11(12(14)8-10)13(3,4)5;1-5-8-14-13-7-6-12(10(2)3)9-11(13)4;1-4-14-12-7-10(9(2)3)5-6-11(12)8-13/h7-8,10-11H,5-6,9H2,1-4H3;6-9H,1-5H3;6-7,9-10H,5,8H2,1-4H3;5-7,9,13H,4,8H2,1-3H3.